The van der Waals surface area contributed by atoms with E-state index in [0.717, 1.165) is 48.7 Å². The highest BCUT2D eigenvalue weighted by molar-refractivity contribution is 6.18. The number of aliphatic hydroxyl groups is 1. The number of halogens is 2. The van der Waals surface area contributed by atoms with Crippen molar-refractivity contribution in [1.82, 2.24) is 5.32 Å². The summed E-state index contributed by atoms with van der Waals surface area (Å²) in [6.45, 7) is 3.85. The highest BCUT2D eigenvalue weighted by atomic mass is 35.5. The minimum atomic E-state index is -1.37. The number of anilines is 1. The van der Waals surface area contributed by atoms with Crippen LogP contribution in [0, 0.1) is 0 Å². The molecule has 0 amide bonds. The van der Waals surface area contributed by atoms with E-state index in [1.165, 1.54) is 0 Å². The van der Waals surface area contributed by atoms with Gasteiger partial charge in [0.05, 0.1) is 12.8 Å². The van der Waals surface area contributed by atoms with Gasteiger partial charge < -0.3 is 24.8 Å². The highest BCUT2D eigenvalue weighted by Crippen LogP contribution is 2.35. The molecule has 1 atom stereocenters. The predicted molar refractivity (Wildman–Crippen MR) is 107 cm³/mol. The molecule has 1 fully saturated rings. The SMILES string of the molecule is COc1c(Cc2ccccc2OC(O)Cl)cccc1N1CCNCC1.Cl. The van der Waals surface area contributed by atoms with Crippen LogP contribution in [0.5, 0.6) is 11.5 Å². The molecule has 1 aliphatic rings. The lowest BCUT2D eigenvalue weighted by molar-refractivity contribution is 0.0546. The van der Waals surface area contributed by atoms with E-state index < -0.39 is 5.75 Å². The number of hydrogen-bond donors (Lipinski definition) is 2. The summed E-state index contributed by atoms with van der Waals surface area (Å²) in [6, 6.07) is 13.8. The van der Waals surface area contributed by atoms with Crippen molar-refractivity contribution in [3.8, 4) is 11.5 Å². The Morgan fingerprint density at radius 3 is 2.50 bits per heavy atom. The highest BCUT2D eigenvalue weighted by Gasteiger charge is 2.18. The lowest BCUT2D eigenvalue weighted by atomic mass is 10.0. The van der Waals surface area contributed by atoms with Gasteiger partial charge in [-0.05, 0) is 29.3 Å². The molecule has 1 aliphatic heterocycles. The summed E-state index contributed by atoms with van der Waals surface area (Å²) in [5.41, 5.74) is 3.12. The molecule has 1 saturated heterocycles. The first-order chi connectivity index (χ1) is 12.2. The number of hydrogen-bond acceptors (Lipinski definition) is 5. The van der Waals surface area contributed by atoms with E-state index in [2.05, 4.69) is 28.4 Å². The zero-order chi connectivity index (χ0) is 17.6. The number of methoxy groups -OCH3 is 1. The topological polar surface area (TPSA) is 54.0 Å². The van der Waals surface area contributed by atoms with Gasteiger partial charge in [-0.25, -0.2) is 0 Å². The number of piperazine rings is 1. The average Bonchev–Trinajstić information content (AvgIpc) is 2.63. The lowest BCUT2D eigenvalue weighted by Crippen LogP contribution is -2.43. The minimum absolute atomic E-state index is 0. The molecule has 0 aliphatic carbocycles. The average molecular weight is 399 g/mol. The van der Waals surface area contributed by atoms with Crippen molar-refractivity contribution >= 4 is 29.7 Å². The number of nitrogens with one attached hydrogen (secondary N) is 1. The quantitative estimate of drug-likeness (QED) is 0.578. The molecular formula is C19H24Cl2N2O3. The van der Waals surface area contributed by atoms with Crippen molar-refractivity contribution in [1.29, 1.82) is 0 Å². The molecule has 3 rings (SSSR count). The van der Waals surface area contributed by atoms with E-state index in [4.69, 9.17) is 21.1 Å². The van der Waals surface area contributed by atoms with Crippen LogP contribution in [0.15, 0.2) is 42.5 Å². The van der Waals surface area contributed by atoms with Gasteiger partial charge in [-0.2, -0.15) is 0 Å². The first-order valence-corrected chi connectivity index (χ1v) is 8.81. The summed E-state index contributed by atoms with van der Waals surface area (Å²) in [4.78, 5) is 2.34. The van der Waals surface area contributed by atoms with Crippen LogP contribution in [0.4, 0.5) is 5.69 Å². The molecule has 0 bridgehead atoms. The first kappa shape index (κ1) is 20.6. The number of benzene rings is 2. The third kappa shape index (κ3) is 4.95. The van der Waals surface area contributed by atoms with E-state index in [-0.39, 0.29) is 12.4 Å². The van der Waals surface area contributed by atoms with Crippen molar-refractivity contribution in [3.05, 3.63) is 53.6 Å². The maximum atomic E-state index is 9.32. The Hall–Kier alpha value is -1.66. The molecule has 1 heterocycles. The minimum Gasteiger partial charge on any atom is -0.494 e. The maximum Gasteiger partial charge on any atom is 0.277 e. The Balaban J connectivity index is 0.00000243. The van der Waals surface area contributed by atoms with E-state index in [0.29, 0.717) is 12.2 Å². The van der Waals surface area contributed by atoms with Crippen molar-refractivity contribution in [2.24, 2.45) is 0 Å². The monoisotopic (exact) mass is 398 g/mol. The van der Waals surface area contributed by atoms with E-state index in [1.807, 2.05) is 18.2 Å². The second-order valence-electron chi connectivity index (χ2n) is 5.90. The van der Waals surface area contributed by atoms with E-state index in [1.54, 1.807) is 13.2 Å². The number of ether oxygens (including phenoxy) is 2. The molecule has 2 aromatic rings. The fraction of sp³-hybridized carbons (Fsp3) is 0.368. The third-order valence-electron chi connectivity index (χ3n) is 4.32. The molecule has 0 spiro atoms. The van der Waals surface area contributed by atoms with Crippen LogP contribution in [0.25, 0.3) is 0 Å². The van der Waals surface area contributed by atoms with Gasteiger partial charge in [0.2, 0.25) is 0 Å². The summed E-state index contributed by atoms with van der Waals surface area (Å²) >= 11 is 5.57. The third-order valence-corrected chi connectivity index (χ3v) is 4.40. The van der Waals surface area contributed by atoms with Crippen LogP contribution in [-0.4, -0.2) is 44.1 Å². The molecule has 0 radical (unpaired) electrons. The zero-order valence-corrected chi connectivity index (χ0v) is 16.2. The predicted octanol–water partition coefficient (Wildman–Crippen LogP) is 3.01. The number of aliphatic hydroxyl groups excluding tert-OH is 1. The number of rotatable bonds is 6. The van der Waals surface area contributed by atoms with E-state index in [9.17, 15) is 5.11 Å². The van der Waals surface area contributed by atoms with Gasteiger partial charge in [0.25, 0.3) is 5.75 Å². The van der Waals surface area contributed by atoms with Crippen molar-refractivity contribution < 1.29 is 14.6 Å². The Labute approximate surface area is 165 Å². The second-order valence-corrected chi connectivity index (χ2v) is 6.27. The lowest BCUT2D eigenvalue weighted by Gasteiger charge is -2.31. The molecule has 2 aromatic carbocycles. The Morgan fingerprint density at radius 2 is 1.81 bits per heavy atom. The van der Waals surface area contributed by atoms with Crippen molar-refractivity contribution in [2.45, 2.75) is 12.2 Å². The fourth-order valence-corrected chi connectivity index (χ4v) is 3.27. The zero-order valence-electron chi connectivity index (χ0n) is 14.7. The van der Waals surface area contributed by atoms with E-state index >= 15 is 0 Å². The molecular weight excluding hydrogens is 375 g/mol. The molecule has 1 unspecified atom stereocenters. The van der Waals surface area contributed by atoms with Crippen LogP contribution in [-0.2, 0) is 6.42 Å². The molecule has 142 valence electrons. The molecule has 26 heavy (non-hydrogen) atoms. The maximum absolute atomic E-state index is 9.32. The largest absolute Gasteiger partial charge is 0.494 e. The summed E-state index contributed by atoms with van der Waals surface area (Å²) < 4.78 is 11.0. The van der Waals surface area contributed by atoms with Gasteiger partial charge >= 0.3 is 0 Å². The van der Waals surface area contributed by atoms with Gasteiger partial charge in [0.1, 0.15) is 11.5 Å². The van der Waals surface area contributed by atoms with Crippen LogP contribution in [0.2, 0.25) is 0 Å². The number of para-hydroxylation sites is 2. The Morgan fingerprint density at radius 1 is 1.12 bits per heavy atom. The van der Waals surface area contributed by atoms with Crippen LogP contribution in [0.1, 0.15) is 11.1 Å². The number of alkyl halides is 1. The van der Waals surface area contributed by atoms with Crippen LogP contribution in [0.3, 0.4) is 0 Å². The van der Waals surface area contributed by atoms with Gasteiger partial charge in [-0.3, -0.25) is 0 Å². The normalized spacial score (nSPS) is 15.1. The molecule has 0 aromatic heterocycles. The molecule has 0 saturated carbocycles. The van der Waals surface area contributed by atoms with Crippen LogP contribution >= 0.6 is 24.0 Å². The van der Waals surface area contributed by atoms with Crippen LogP contribution < -0.4 is 19.7 Å². The summed E-state index contributed by atoms with van der Waals surface area (Å²) in [5, 5.41) is 12.7. The van der Waals surface area contributed by atoms with Gasteiger partial charge in [0.15, 0.2) is 0 Å². The van der Waals surface area contributed by atoms with Crippen molar-refractivity contribution in [3.63, 3.8) is 0 Å². The first-order valence-electron chi connectivity index (χ1n) is 8.37. The fourth-order valence-electron chi connectivity index (χ4n) is 3.18. The second kappa shape index (κ2) is 9.88. The Bertz CT molecular complexity index is 707. The molecule has 7 heteroatoms. The number of nitrogens with zero attached hydrogens (tertiary/aromatic N) is 1. The van der Waals surface area contributed by atoms with Gasteiger partial charge in [-0.1, -0.05) is 30.3 Å². The summed E-state index contributed by atoms with van der Waals surface area (Å²) in [5.74, 6) is 0.0838. The van der Waals surface area contributed by atoms with Gasteiger partial charge in [-0.15, -0.1) is 12.4 Å². The van der Waals surface area contributed by atoms with Gasteiger partial charge in [0, 0.05) is 38.2 Å². The molecule has 2 N–H and O–H groups in total. The van der Waals surface area contributed by atoms with Crippen molar-refractivity contribution in [2.75, 3.05) is 38.2 Å². The summed E-state index contributed by atoms with van der Waals surface area (Å²) in [6.07, 6.45) is 0.628. The standard InChI is InChI=1S/C19H23ClN2O3.ClH/c1-24-18-15(6-4-7-16(18)22-11-9-21-10-12-22)13-14-5-2-3-8-17(14)25-19(20)23;/h2-8,19,21,23H,9-13H2,1H3;1H. The molecule has 5 nitrogen and oxygen atoms in total. The summed E-state index contributed by atoms with van der Waals surface area (Å²) in [7, 11) is 1.70. The Kier molecular flexibility index (Phi) is 7.85. The smallest absolute Gasteiger partial charge is 0.277 e.